The first-order valence-corrected chi connectivity index (χ1v) is 4.72. The maximum absolute atomic E-state index is 10.5. The molecule has 0 aliphatic carbocycles. The highest BCUT2D eigenvalue weighted by Crippen LogP contribution is 2.13. The van der Waals surface area contributed by atoms with E-state index < -0.39 is 36.3 Å². The molecule has 6 heteroatoms. The van der Waals surface area contributed by atoms with E-state index in [1.54, 1.807) is 0 Å². The van der Waals surface area contributed by atoms with E-state index in [4.69, 9.17) is 10.2 Å². The van der Waals surface area contributed by atoms with Crippen LogP contribution in [0.4, 0.5) is 0 Å². The van der Waals surface area contributed by atoms with Crippen LogP contribution >= 0.6 is 0 Å². The Balaban J connectivity index is 4.20. The predicted octanol–water partition coefficient (Wildman–Crippen LogP) is -1.44. The molecule has 5 unspecified atom stereocenters. The van der Waals surface area contributed by atoms with E-state index >= 15 is 0 Å². The smallest absolute Gasteiger partial charge is 0.306 e. The third-order valence-electron chi connectivity index (χ3n) is 2.26. The molecule has 5 atom stereocenters. The maximum atomic E-state index is 10.5. The minimum atomic E-state index is -1.55. The van der Waals surface area contributed by atoms with Crippen LogP contribution in [0.25, 0.3) is 0 Å². The van der Waals surface area contributed by atoms with Crippen LogP contribution < -0.4 is 0 Å². The molecule has 0 aromatic rings. The number of carboxylic acids is 1. The molecule has 0 fully saturated rings. The Kier molecular flexibility index (Phi) is 5.74. The van der Waals surface area contributed by atoms with Gasteiger partial charge in [0.25, 0.3) is 0 Å². The van der Waals surface area contributed by atoms with Crippen molar-refractivity contribution in [3.8, 4) is 0 Å². The van der Waals surface area contributed by atoms with Crippen LogP contribution in [0.5, 0.6) is 0 Å². The predicted molar refractivity (Wildman–Crippen MR) is 51.1 cm³/mol. The summed E-state index contributed by atoms with van der Waals surface area (Å²) in [6.07, 6.45) is -5.77. The molecule has 0 saturated heterocycles. The Morgan fingerprint density at radius 1 is 1.07 bits per heavy atom. The van der Waals surface area contributed by atoms with Crippen molar-refractivity contribution in [2.24, 2.45) is 5.92 Å². The van der Waals surface area contributed by atoms with Gasteiger partial charge in [-0.25, -0.2) is 0 Å². The average Bonchev–Trinajstić information content (AvgIpc) is 2.14. The minimum Gasteiger partial charge on any atom is -0.481 e. The zero-order valence-corrected chi connectivity index (χ0v) is 8.74. The summed E-state index contributed by atoms with van der Waals surface area (Å²) in [6, 6.07) is 0. The summed E-state index contributed by atoms with van der Waals surface area (Å²) < 4.78 is 0. The van der Waals surface area contributed by atoms with Gasteiger partial charge in [0, 0.05) is 0 Å². The summed E-state index contributed by atoms with van der Waals surface area (Å²) >= 11 is 0. The van der Waals surface area contributed by atoms with Crippen LogP contribution in [-0.2, 0) is 4.79 Å². The summed E-state index contributed by atoms with van der Waals surface area (Å²) in [5, 5.41) is 45.4. The van der Waals surface area contributed by atoms with Gasteiger partial charge in [0.05, 0.1) is 18.1 Å². The van der Waals surface area contributed by atoms with Crippen LogP contribution in [0.15, 0.2) is 0 Å². The SMILES string of the molecule is CC(CC(O)C(O)C(O)C(C)O)C(=O)O. The number of carbonyl (C=O) groups is 1. The number of hydrogen-bond acceptors (Lipinski definition) is 5. The van der Waals surface area contributed by atoms with E-state index in [0.717, 1.165) is 0 Å². The lowest BCUT2D eigenvalue weighted by atomic mass is 9.96. The highest BCUT2D eigenvalue weighted by Gasteiger charge is 2.30. The monoisotopic (exact) mass is 222 g/mol. The van der Waals surface area contributed by atoms with Crippen molar-refractivity contribution in [1.29, 1.82) is 0 Å². The van der Waals surface area contributed by atoms with Crippen molar-refractivity contribution in [2.75, 3.05) is 0 Å². The Hall–Kier alpha value is -0.690. The molecule has 15 heavy (non-hydrogen) atoms. The molecule has 0 heterocycles. The highest BCUT2D eigenvalue weighted by atomic mass is 16.4. The van der Waals surface area contributed by atoms with Crippen molar-refractivity contribution in [2.45, 2.75) is 44.7 Å². The van der Waals surface area contributed by atoms with Gasteiger partial charge in [-0.15, -0.1) is 0 Å². The summed E-state index contributed by atoms with van der Waals surface area (Å²) in [5.74, 6) is -1.91. The van der Waals surface area contributed by atoms with E-state index in [0.29, 0.717) is 0 Å². The Labute approximate surface area is 87.8 Å². The third-order valence-corrected chi connectivity index (χ3v) is 2.26. The molecule has 0 bridgehead atoms. The van der Waals surface area contributed by atoms with Gasteiger partial charge in [-0.3, -0.25) is 4.79 Å². The fourth-order valence-corrected chi connectivity index (χ4v) is 1.12. The van der Waals surface area contributed by atoms with Gasteiger partial charge in [-0.1, -0.05) is 6.92 Å². The van der Waals surface area contributed by atoms with Crippen LogP contribution in [0.1, 0.15) is 20.3 Å². The standard InChI is InChI=1S/C9H18O6/c1-4(9(14)15)3-6(11)8(13)7(12)5(2)10/h4-8,10-13H,3H2,1-2H3,(H,14,15). The fourth-order valence-electron chi connectivity index (χ4n) is 1.12. The molecular formula is C9H18O6. The van der Waals surface area contributed by atoms with Crippen LogP contribution in [-0.4, -0.2) is 55.9 Å². The molecule has 0 aromatic carbocycles. The highest BCUT2D eigenvalue weighted by molar-refractivity contribution is 5.69. The molecule has 0 saturated carbocycles. The van der Waals surface area contributed by atoms with Gasteiger partial charge in [0.1, 0.15) is 12.2 Å². The molecule has 6 nitrogen and oxygen atoms in total. The topological polar surface area (TPSA) is 118 Å². The Morgan fingerprint density at radius 3 is 1.87 bits per heavy atom. The number of aliphatic carboxylic acids is 1. The lowest BCUT2D eigenvalue weighted by Crippen LogP contribution is -2.44. The Morgan fingerprint density at radius 2 is 1.53 bits per heavy atom. The molecule has 90 valence electrons. The van der Waals surface area contributed by atoms with Crippen molar-refractivity contribution in [3.05, 3.63) is 0 Å². The normalized spacial score (nSPS) is 21.5. The quantitative estimate of drug-likeness (QED) is 0.375. The lowest BCUT2D eigenvalue weighted by Gasteiger charge is -2.25. The summed E-state index contributed by atoms with van der Waals surface area (Å²) in [4.78, 5) is 10.5. The van der Waals surface area contributed by atoms with E-state index in [1.165, 1.54) is 13.8 Å². The molecule has 0 radical (unpaired) electrons. The van der Waals surface area contributed by atoms with E-state index in [1.807, 2.05) is 0 Å². The van der Waals surface area contributed by atoms with Gasteiger partial charge >= 0.3 is 5.97 Å². The van der Waals surface area contributed by atoms with Crippen LogP contribution in [0, 0.1) is 5.92 Å². The number of carboxylic acid groups (broad SMARTS) is 1. The van der Waals surface area contributed by atoms with Crippen molar-refractivity contribution < 1.29 is 30.3 Å². The van der Waals surface area contributed by atoms with Crippen LogP contribution in [0.2, 0.25) is 0 Å². The van der Waals surface area contributed by atoms with E-state index in [2.05, 4.69) is 0 Å². The lowest BCUT2D eigenvalue weighted by molar-refractivity contribution is -0.144. The van der Waals surface area contributed by atoms with Crippen LogP contribution in [0.3, 0.4) is 0 Å². The van der Waals surface area contributed by atoms with Crippen molar-refractivity contribution in [3.63, 3.8) is 0 Å². The fraction of sp³-hybridized carbons (Fsp3) is 0.889. The zero-order chi connectivity index (χ0) is 12.2. The van der Waals surface area contributed by atoms with Crippen molar-refractivity contribution >= 4 is 5.97 Å². The molecule has 0 aliphatic heterocycles. The second-order valence-corrected chi connectivity index (χ2v) is 3.76. The van der Waals surface area contributed by atoms with Crippen molar-refractivity contribution in [1.82, 2.24) is 0 Å². The van der Waals surface area contributed by atoms with Gasteiger partial charge in [-0.2, -0.15) is 0 Å². The molecule has 0 aliphatic rings. The summed E-state index contributed by atoms with van der Waals surface area (Å²) in [6.45, 7) is 2.65. The number of hydrogen-bond donors (Lipinski definition) is 5. The van der Waals surface area contributed by atoms with Gasteiger partial charge in [0.15, 0.2) is 0 Å². The third kappa shape index (κ3) is 4.57. The molecule has 0 rings (SSSR count). The molecule has 0 aromatic heterocycles. The average molecular weight is 222 g/mol. The molecule has 0 amide bonds. The maximum Gasteiger partial charge on any atom is 0.306 e. The minimum absolute atomic E-state index is 0.180. The van der Waals surface area contributed by atoms with Gasteiger partial charge in [-0.05, 0) is 13.3 Å². The Bertz CT molecular complexity index is 205. The largest absolute Gasteiger partial charge is 0.481 e. The first-order valence-electron chi connectivity index (χ1n) is 4.72. The molecule has 0 spiro atoms. The zero-order valence-electron chi connectivity index (χ0n) is 8.74. The summed E-state index contributed by atoms with van der Waals surface area (Å²) in [7, 11) is 0. The summed E-state index contributed by atoms with van der Waals surface area (Å²) in [5.41, 5.74) is 0. The van der Waals surface area contributed by atoms with E-state index in [9.17, 15) is 20.1 Å². The number of aliphatic hydroxyl groups excluding tert-OH is 4. The molecule has 5 N–H and O–H groups in total. The van der Waals surface area contributed by atoms with Gasteiger partial charge < -0.3 is 25.5 Å². The second-order valence-electron chi connectivity index (χ2n) is 3.76. The number of rotatable bonds is 6. The van der Waals surface area contributed by atoms with Gasteiger partial charge in [0.2, 0.25) is 0 Å². The first kappa shape index (κ1) is 14.3. The molecular weight excluding hydrogens is 204 g/mol. The number of aliphatic hydroxyl groups is 4. The first-order chi connectivity index (χ1) is 6.77. The van der Waals surface area contributed by atoms with E-state index in [-0.39, 0.29) is 6.42 Å². The second kappa shape index (κ2) is 6.02.